The molecule has 0 aliphatic carbocycles. The fourth-order valence-electron chi connectivity index (χ4n) is 3.61. The molecule has 3 aromatic rings. The molecule has 1 aromatic carbocycles. The number of nitrogen functional groups attached to an aromatic ring is 1. The first-order chi connectivity index (χ1) is 14.7. The molecule has 9 heteroatoms. The van der Waals surface area contributed by atoms with Crippen LogP contribution in [0.4, 0.5) is 5.82 Å². The lowest BCUT2D eigenvalue weighted by Crippen LogP contribution is -2.10. The minimum absolute atomic E-state index is 0.161. The van der Waals surface area contributed by atoms with Crippen LogP contribution in [0.5, 0.6) is 0 Å². The number of methoxy groups -OCH3 is 1. The molecule has 2 atom stereocenters. The fourth-order valence-corrected chi connectivity index (χ4v) is 5.46. The van der Waals surface area contributed by atoms with Crippen molar-refractivity contribution in [3.63, 3.8) is 0 Å². The number of fused-ring (bicyclic) bond motifs is 1. The van der Waals surface area contributed by atoms with E-state index in [0.29, 0.717) is 26.5 Å². The molecule has 168 valence electrons. The van der Waals surface area contributed by atoms with Crippen LogP contribution in [0, 0.1) is 13.8 Å². The molecule has 31 heavy (non-hydrogen) atoms. The van der Waals surface area contributed by atoms with E-state index in [4.69, 9.17) is 38.7 Å². The van der Waals surface area contributed by atoms with Gasteiger partial charge in [0.25, 0.3) is 0 Å². The molecule has 3 rings (SSSR count). The molecule has 0 radical (unpaired) electrons. The molecule has 0 spiro atoms. The van der Waals surface area contributed by atoms with Gasteiger partial charge in [0.05, 0.1) is 26.2 Å². The van der Waals surface area contributed by atoms with Crippen LogP contribution in [-0.4, -0.2) is 31.6 Å². The van der Waals surface area contributed by atoms with Gasteiger partial charge in [-0.1, -0.05) is 29.6 Å². The maximum atomic E-state index is 12.6. The summed E-state index contributed by atoms with van der Waals surface area (Å²) in [5, 5.41) is 0.992. The molecular formula is C22H28Cl2N4O2S. The minimum Gasteiger partial charge on any atom is -0.382 e. The van der Waals surface area contributed by atoms with Gasteiger partial charge in [-0.15, -0.1) is 0 Å². The van der Waals surface area contributed by atoms with Crippen molar-refractivity contribution in [2.24, 2.45) is 0 Å². The van der Waals surface area contributed by atoms with Crippen molar-refractivity contribution in [2.75, 3.05) is 18.6 Å². The number of aryl methyl sites for hydroxylation is 3. The highest BCUT2D eigenvalue weighted by molar-refractivity contribution is 7.85. The predicted octanol–water partition coefficient (Wildman–Crippen LogP) is 5.62. The Morgan fingerprint density at radius 3 is 2.61 bits per heavy atom. The van der Waals surface area contributed by atoms with Crippen LogP contribution >= 0.6 is 23.2 Å². The summed E-state index contributed by atoms with van der Waals surface area (Å²) in [7, 11) is 0.529. The topological polar surface area (TPSA) is 83.0 Å². The molecule has 2 unspecified atom stereocenters. The Kier molecular flexibility index (Phi) is 7.97. The zero-order valence-electron chi connectivity index (χ0n) is 18.2. The first-order valence-electron chi connectivity index (χ1n) is 10.2. The number of nitrogens with two attached hydrogens (primary N) is 1. The van der Waals surface area contributed by atoms with Gasteiger partial charge in [-0.2, -0.15) is 0 Å². The van der Waals surface area contributed by atoms with Gasteiger partial charge in [0, 0.05) is 30.1 Å². The Morgan fingerprint density at radius 2 is 1.94 bits per heavy atom. The predicted molar refractivity (Wildman–Crippen MR) is 128 cm³/mol. The largest absolute Gasteiger partial charge is 0.382 e. The van der Waals surface area contributed by atoms with Crippen molar-refractivity contribution >= 4 is 50.9 Å². The zero-order valence-corrected chi connectivity index (χ0v) is 20.6. The smallest absolute Gasteiger partial charge is 0.151 e. The molecule has 0 bridgehead atoms. The Bertz CT molecular complexity index is 1120. The Morgan fingerprint density at radius 1 is 1.19 bits per heavy atom. The number of halogens is 2. The molecular weight excluding hydrogens is 455 g/mol. The summed E-state index contributed by atoms with van der Waals surface area (Å²) in [6.07, 6.45) is 2.51. The number of unbranched alkanes of at least 4 members (excludes halogenated alkanes) is 2. The third-order valence-electron chi connectivity index (χ3n) is 5.49. The van der Waals surface area contributed by atoms with E-state index < -0.39 is 10.8 Å². The van der Waals surface area contributed by atoms with E-state index in [9.17, 15) is 4.21 Å². The number of hydrogen-bond donors (Lipinski definition) is 1. The number of nitrogens with zero attached hydrogens (tertiary/aromatic N) is 3. The number of hydrogen-bond acceptors (Lipinski definition) is 5. The monoisotopic (exact) mass is 482 g/mol. The number of ether oxygens (including phenoxy) is 1. The number of anilines is 1. The van der Waals surface area contributed by atoms with Gasteiger partial charge in [-0.05, 0) is 57.4 Å². The fraction of sp³-hybridized carbons (Fsp3) is 0.455. The summed E-state index contributed by atoms with van der Waals surface area (Å²) in [6, 6.07) is 5.08. The number of benzene rings is 1. The van der Waals surface area contributed by atoms with Gasteiger partial charge < -0.3 is 15.0 Å². The van der Waals surface area contributed by atoms with Crippen molar-refractivity contribution in [3.05, 3.63) is 45.3 Å². The van der Waals surface area contributed by atoms with Crippen LogP contribution in [0.25, 0.3) is 11.0 Å². The second kappa shape index (κ2) is 10.3. The molecule has 0 saturated carbocycles. The number of aromatic nitrogens is 3. The zero-order chi connectivity index (χ0) is 22.7. The van der Waals surface area contributed by atoms with Gasteiger partial charge in [-0.25, -0.2) is 9.97 Å². The highest BCUT2D eigenvalue weighted by Crippen LogP contribution is 2.30. The van der Waals surface area contributed by atoms with E-state index in [2.05, 4.69) is 9.55 Å². The summed E-state index contributed by atoms with van der Waals surface area (Å²) in [5.41, 5.74) is 9.87. The van der Waals surface area contributed by atoms with Crippen LogP contribution < -0.4 is 5.73 Å². The molecule has 0 amide bonds. The number of rotatable bonds is 9. The van der Waals surface area contributed by atoms with E-state index in [1.54, 1.807) is 25.3 Å². The maximum absolute atomic E-state index is 12.6. The normalized spacial score (nSPS) is 13.6. The average Bonchev–Trinajstić information content (AvgIpc) is 3.11. The van der Waals surface area contributed by atoms with E-state index in [1.165, 1.54) is 0 Å². The minimum atomic E-state index is -1.14. The number of pyridine rings is 1. The molecule has 2 heterocycles. The third kappa shape index (κ3) is 5.22. The van der Waals surface area contributed by atoms with E-state index in [-0.39, 0.29) is 6.10 Å². The Hall–Kier alpha value is -1.67. The van der Waals surface area contributed by atoms with Gasteiger partial charge in [0.15, 0.2) is 5.82 Å². The molecule has 2 N–H and O–H groups in total. The third-order valence-corrected chi connectivity index (χ3v) is 7.66. The van der Waals surface area contributed by atoms with Crippen LogP contribution in [0.2, 0.25) is 10.0 Å². The Labute approximate surface area is 195 Å². The van der Waals surface area contributed by atoms with E-state index in [0.717, 1.165) is 53.9 Å². The first kappa shape index (κ1) is 24.0. The van der Waals surface area contributed by atoms with Crippen LogP contribution in [0.15, 0.2) is 23.1 Å². The lowest BCUT2D eigenvalue weighted by molar-refractivity contribution is 0.109. The number of imidazole rings is 1. The molecule has 2 aromatic heterocycles. The summed E-state index contributed by atoms with van der Waals surface area (Å²) >= 11 is 12.1. The van der Waals surface area contributed by atoms with Crippen molar-refractivity contribution in [2.45, 2.75) is 57.6 Å². The lowest BCUT2D eigenvalue weighted by atomic mass is 10.2. The van der Waals surface area contributed by atoms with Crippen molar-refractivity contribution < 1.29 is 8.95 Å². The van der Waals surface area contributed by atoms with Gasteiger partial charge in [-0.3, -0.25) is 4.21 Å². The molecule has 0 fully saturated rings. The molecule has 0 aliphatic heterocycles. The summed E-state index contributed by atoms with van der Waals surface area (Å²) in [5.74, 6) is 1.84. The quantitative estimate of drug-likeness (QED) is 0.399. The lowest BCUT2D eigenvalue weighted by Gasteiger charge is -2.15. The van der Waals surface area contributed by atoms with Crippen molar-refractivity contribution in [1.82, 2.24) is 14.5 Å². The van der Waals surface area contributed by atoms with Crippen LogP contribution in [0.1, 0.15) is 49.4 Å². The second-order valence-corrected chi connectivity index (χ2v) is 9.97. The van der Waals surface area contributed by atoms with E-state index >= 15 is 0 Å². The van der Waals surface area contributed by atoms with Gasteiger partial charge >= 0.3 is 0 Å². The SMILES string of the molecule is COC(C)c1nc2c(N)nc(C)c(C)c2n1CCCCCS(=O)c1ccc(Cl)cc1Cl. The molecule has 0 saturated heterocycles. The Balaban J connectivity index is 1.70. The highest BCUT2D eigenvalue weighted by atomic mass is 35.5. The standard InChI is InChI=1S/C22H28Cl2N4O2S/c1-13-14(2)26-21(25)19-20(13)28(22(27-19)15(3)30-4)10-6-5-7-11-31(29)18-9-8-16(23)12-17(18)24/h8-9,12,15H,5-7,10-11H2,1-4H3,(H2,25,26). The van der Waals surface area contributed by atoms with Crippen LogP contribution in [-0.2, 0) is 22.1 Å². The summed E-state index contributed by atoms with van der Waals surface area (Å²) in [4.78, 5) is 9.80. The summed E-state index contributed by atoms with van der Waals surface area (Å²) < 4.78 is 20.3. The molecule has 0 aliphatic rings. The van der Waals surface area contributed by atoms with Crippen molar-refractivity contribution in [3.8, 4) is 0 Å². The maximum Gasteiger partial charge on any atom is 0.151 e. The van der Waals surface area contributed by atoms with Crippen molar-refractivity contribution in [1.29, 1.82) is 0 Å². The van der Waals surface area contributed by atoms with Gasteiger partial charge in [0.2, 0.25) is 0 Å². The average molecular weight is 483 g/mol. The summed E-state index contributed by atoms with van der Waals surface area (Å²) in [6.45, 7) is 6.75. The highest BCUT2D eigenvalue weighted by Gasteiger charge is 2.21. The second-order valence-electron chi connectivity index (χ2n) is 7.59. The van der Waals surface area contributed by atoms with Gasteiger partial charge in [0.1, 0.15) is 17.4 Å². The van der Waals surface area contributed by atoms with E-state index in [1.807, 2.05) is 20.8 Å². The first-order valence-corrected chi connectivity index (χ1v) is 12.3. The van der Waals surface area contributed by atoms with Crippen LogP contribution in [0.3, 0.4) is 0 Å². The molecule has 6 nitrogen and oxygen atoms in total.